The summed E-state index contributed by atoms with van der Waals surface area (Å²) >= 11 is 1.64. The van der Waals surface area contributed by atoms with E-state index in [2.05, 4.69) is 0 Å². The van der Waals surface area contributed by atoms with Crippen molar-refractivity contribution in [3.05, 3.63) is 35.4 Å². The summed E-state index contributed by atoms with van der Waals surface area (Å²) < 4.78 is 26.5. The van der Waals surface area contributed by atoms with Crippen LogP contribution in [0.2, 0.25) is 0 Å². The first-order chi connectivity index (χ1) is 11.2. The van der Waals surface area contributed by atoms with Crippen molar-refractivity contribution in [3.8, 4) is 0 Å². The summed E-state index contributed by atoms with van der Waals surface area (Å²) in [6.07, 6.45) is -1.13. The second-order valence-corrected chi connectivity index (χ2v) is 7.05. The van der Waals surface area contributed by atoms with E-state index in [1.165, 1.54) is 0 Å². The van der Waals surface area contributed by atoms with Gasteiger partial charge in [0.15, 0.2) is 11.6 Å². The fourth-order valence-corrected chi connectivity index (χ4v) is 2.61. The van der Waals surface area contributed by atoms with E-state index in [1.54, 1.807) is 11.8 Å². The van der Waals surface area contributed by atoms with Crippen LogP contribution in [0.4, 0.5) is 8.78 Å². The molecule has 0 fully saturated rings. The van der Waals surface area contributed by atoms with Crippen molar-refractivity contribution in [1.29, 1.82) is 0 Å². The fourth-order valence-electron chi connectivity index (χ4n) is 1.73. The third kappa shape index (κ3) is 6.06. The van der Waals surface area contributed by atoms with Gasteiger partial charge in [-0.05, 0) is 29.6 Å². The van der Waals surface area contributed by atoms with Gasteiger partial charge in [0.25, 0.3) is 11.8 Å². The molecule has 5 N–H and O–H groups in total. The maximum atomic E-state index is 13.4. The number of thioether (sulfide) groups is 1. The Morgan fingerprint density at radius 1 is 1.29 bits per heavy atom. The molecule has 0 aliphatic rings. The lowest BCUT2D eigenvalue weighted by molar-refractivity contribution is -0.131. The van der Waals surface area contributed by atoms with Crippen LogP contribution in [0.1, 0.15) is 30.6 Å². The summed E-state index contributed by atoms with van der Waals surface area (Å²) in [6, 6.07) is 2.28. The third-order valence-electron chi connectivity index (χ3n) is 3.07. The van der Waals surface area contributed by atoms with E-state index in [-0.39, 0.29) is 0 Å². The van der Waals surface area contributed by atoms with Crippen LogP contribution < -0.4 is 16.6 Å². The van der Waals surface area contributed by atoms with Gasteiger partial charge in [-0.15, -0.1) is 0 Å². The molecular formula is C15H21F2N3O3S. The van der Waals surface area contributed by atoms with Gasteiger partial charge in [-0.2, -0.15) is 11.8 Å². The fraction of sp³-hybridized carbons (Fsp3) is 0.467. The van der Waals surface area contributed by atoms with Gasteiger partial charge in [0, 0.05) is 6.04 Å². The van der Waals surface area contributed by atoms with Crippen molar-refractivity contribution in [2.24, 2.45) is 5.73 Å². The molecule has 1 aromatic carbocycles. The molecule has 9 heteroatoms. The van der Waals surface area contributed by atoms with Gasteiger partial charge >= 0.3 is 0 Å². The molecule has 1 aromatic rings. The largest absolute Gasteiger partial charge is 0.382 e. The summed E-state index contributed by atoms with van der Waals surface area (Å²) in [6.45, 7) is 4.03. The first kappa shape index (κ1) is 20.3. The maximum Gasteiger partial charge on any atom is 0.272 e. The van der Waals surface area contributed by atoms with Gasteiger partial charge in [-0.1, -0.05) is 19.9 Å². The van der Waals surface area contributed by atoms with E-state index in [9.17, 15) is 23.5 Å². The van der Waals surface area contributed by atoms with Crippen LogP contribution in [-0.2, 0) is 4.79 Å². The molecule has 0 aliphatic carbocycles. The standard InChI is InChI=1S/C15H21F2N3O3S/c1-8(2)24-7-6-11(18)13(21)15(23)20-19-14(22)9-4-3-5-10(16)12(9)17/h3-5,8,11,13,21H,6-7,18H2,1-2H3,(H,19,22)(H,20,23)/t11-,13?/m1/s1. The number of carbonyl (C=O) groups is 2. The molecule has 1 unspecified atom stereocenters. The molecule has 1 rings (SSSR count). The summed E-state index contributed by atoms with van der Waals surface area (Å²) in [5, 5.41) is 10.2. The Hall–Kier alpha value is -1.71. The number of carbonyl (C=O) groups excluding carboxylic acids is 2. The van der Waals surface area contributed by atoms with E-state index in [1.807, 2.05) is 24.7 Å². The van der Waals surface area contributed by atoms with Crippen LogP contribution in [0.15, 0.2) is 18.2 Å². The van der Waals surface area contributed by atoms with Crippen molar-refractivity contribution < 1.29 is 23.5 Å². The summed E-state index contributed by atoms with van der Waals surface area (Å²) in [7, 11) is 0. The molecule has 0 bridgehead atoms. The maximum absolute atomic E-state index is 13.4. The van der Waals surface area contributed by atoms with Gasteiger partial charge < -0.3 is 10.8 Å². The molecule has 0 spiro atoms. The topological polar surface area (TPSA) is 104 Å². The SMILES string of the molecule is CC(C)SCC[C@@H](N)C(O)C(=O)NNC(=O)c1cccc(F)c1F. The predicted molar refractivity (Wildman–Crippen MR) is 88.2 cm³/mol. The lowest BCUT2D eigenvalue weighted by Crippen LogP contribution is -2.52. The van der Waals surface area contributed by atoms with E-state index in [4.69, 9.17) is 5.73 Å². The van der Waals surface area contributed by atoms with Gasteiger partial charge in [0.1, 0.15) is 6.10 Å². The molecular weight excluding hydrogens is 340 g/mol. The Kier molecular flexibility index (Phi) is 8.09. The van der Waals surface area contributed by atoms with E-state index >= 15 is 0 Å². The number of hydrazine groups is 1. The number of rotatable bonds is 7. The number of aliphatic hydroxyl groups is 1. The number of amides is 2. The second kappa shape index (κ2) is 9.55. The number of hydrogen-bond acceptors (Lipinski definition) is 5. The molecule has 134 valence electrons. The van der Waals surface area contributed by atoms with Crippen LogP contribution in [0.3, 0.4) is 0 Å². The number of benzene rings is 1. The first-order valence-electron chi connectivity index (χ1n) is 7.33. The molecule has 0 aromatic heterocycles. The summed E-state index contributed by atoms with van der Waals surface area (Å²) in [5.74, 6) is -3.81. The number of halogens is 2. The zero-order valence-corrected chi connectivity index (χ0v) is 14.2. The molecule has 2 amide bonds. The lowest BCUT2D eigenvalue weighted by Gasteiger charge is -2.19. The lowest BCUT2D eigenvalue weighted by atomic mass is 10.1. The molecule has 0 saturated carbocycles. The highest BCUT2D eigenvalue weighted by atomic mass is 32.2. The highest BCUT2D eigenvalue weighted by Crippen LogP contribution is 2.12. The summed E-state index contributed by atoms with van der Waals surface area (Å²) in [5.41, 5.74) is 9.01. The Bertz CT molecular complexity index is 587. The van der Waals surface area contributed by atoms with Crippen molar-refractivity contribution >= 4 is 23.6 Å². The van der Waals surface area contributed by atoms with Crippen molar-refractivity contribution in [3.63, 3.8) is 0 Å². The van der Waals surface area contributed by atoms with E-state index in [0.29, 0.717) is 17.4 Å². The zero-order valence-electron chi connectivity index (χ0n) is 13.4. The van der Waals surface area contributed by atoms with Gasteiger partial charge in [-0.25, -0.2) is 8.78 Å². The van der Waals surface area contributed by atoms with Crippen molar-refractivity contribution in [2.75, 3.05) is 5.75 Å². The predicted octanol–water partition coefficient (Wildman–Crippen LogP) is 0.946. The number of aliphatic hydroxyl groups excluding tert-OH is 1. The average Bonchev–Trinajstić information content (AvgIpc) is 2.53. The molecule has 0 aliphatic heterocycles. The minimum Gasteiger partial charge on any atom is -0.382 e. The monoisotopic (exact) mass is 361 g/mol. The Labute approximate surface area is 143 Å². The van der Waals surface area contributed by atoms with E-state index < -0.39 is 41.2 Å². The molecule has 2 atom stereocenters. The Morgan fingerprint density at radius 2 is 1.96 bits per heavy atom. The van der Waals surface area contributed by atoms with Gasteiger partial charge in [0.2, 0.25) is 0 Å². The summed E-state index contributed by atoms with van der Waals surface area (Å²) in [4.78, 5) is 23.5. The highest BCUT2D eigenvalue weighted by Gasteiger charge is 2.24. The van der Waals surface area contributed by atoms with Crippen LogP contribution in [0, 0.1) is 11.6 Å². The van der Waals surface area contributed by atoms with Gasteiger partial charge in [-0.3, -0.25) is 20.4 Å². The first-order valence-corrected chi connectivity index (χ1v) is 8.38. The Morgan fingerprint density at radius 3 is 2.58 bits per heavy atom. The van der Waals surface area contributed by atoms with Crippen molar-refractivity contribution in [2.45, 2.75) is 37.7 Å². The van der Waals surface area contributed by atoms with Crippen molar-refractivity contribution in [1.82, 2.24) is 10.9 Å². The van der Waals surface area contributed by atoms with Crippen LogP contribution >= 0.6 is 11.8 Å². The quantitative estimate of drug-likeness (QED) is 0.541. The average molecular weight is 361 g/mol. The number of nitrogens with one attached hydrogen (secondary N) is 2. The molecule has 0 radical (unpaired) electrons. The molecule has 0 heterocycles. The van der Waals surface area contributed by atoms with Crippen LogP contribution in [0.5, 0.6) is 0 Å². The normalized spacial score (nSPS) is 13.5. The number of hydrogen-bond donors (Lipinski definition) is 4. The van der Waals surface area contributed by atoms with Gasteiger partial charge in [0.05, 0.1) is 5.56 Å². The second-order valence-electron chi connectivity index (χ2n) is 5.36. The minimum absolute atomic E-state index is 0.406. The molecule has 0 saturated heterocycles. The van der Waals surface area contributed by atoms with Crippen LogP contribution in [0.25, 0.3) is 0 Å². The smallest absolute Gasteiger partial charge is 0.272 e. The van der Waals surface area contributed by atoms with E-state index in [0.717, 1.165) is 18.2 Å². The molecule has 6 nitrogen and oxygen atoms in total. The zero-order chi connectivity index (χ0) is 18.3. The molecule has 24 heavy (non-hydrogen) atoms. The van der Waals surface area contributed by atoms with Crippen LogP contribution in [-0.4, -0.2) is 40.1 Å². The minimum atomic E-state index is -1.53. The number of nitrogens with two attached hydrogens (primary N) is 1. The third-order valence-corrected chi connectivity index (χ3v) is 4.21. The highest BCUT2D eigenvalue weighted by molar-refractivity contribution is 7.99. The Balaban J connectivity index is 2.49.